The summed E-state index contributed by atoms with van der Waals surface area (Å²) in [7, 11) is 0. The monoisotopic (exact) mass is 391 g/mol. The second kappa shape index (κ2) is 6.21. The van der Waals surface area contributed by atoms with Crippen molar-refractivity contribution in [2.75, 3.05) is 6.54 Å². The zero-order valence-corrected chi connectivity index (χ0v) is 13.2. The van der Waals surface area contributed by atoms with Crippen molar-refractivity contribution >= 4 is 5.91 Å². The lowest BCUT2D eigenvalue weighted by Crippen LogP contribution is -2.46. The Morgan fingerprint density at radius 1 is 1.15 bits per heavy atom. The van der Waals surface area contributed by atoms with E-state index < -0.39 is 35.8 Å². The van der Waals surface area contributed by atoms with Crippen LogP contribution in [0.15, 0.2) is 27.8 Å². The van der Waals surface area contributed by atoms with Gasteiger partial charge in [-0.1, -0.05) is 0 Å². The quantitative estimate of drug-likeness (QED) is 0.591. The number of ether oxygens (including phenoxy) is 1. The fourth-order valence-corrected chi connectivity index (χ4v) is 2.39. The minimum absolute atomic E-state index is 0.0450. The Hall–Kier alpha value is -3.18. The maximum atomic E-state index is 12.9. The minimum atomic E-state index is -5.79. The van der Waals surface area contributed by atoms with Crippen molar-refractivity contribution in [1.82, 2.24) is 15.3 Å². The highest BCUT2D eigenvalue weighted by atomic mass is 19.4. The molecule has 1 amide bonds. The standard InChI is InChI=1S/C15H10F5N3O4/c16-14(17,15(18,19)20)5-21-10(24)6-1-2-9-7(3-6)4-8-11(25)22-13(26)23-12(8)27-9/h1-3H,4-5H2,(H,21,24)(H2,22,23,25,26). The van der Waals surface area contributed by atoms with Gasteiger partial charge in [0, 0.05) is 17.5 Å². The van der Waals surface area contributed by atoms with Crippen molar-refractivity contribution in [1.29, 1.82) is 0 Å². The van der Waals surface area contributed by atoms with Gasteiger partial charge in [-0.3, -0.25) is 19.6 Å². The fourth-order valence-electron chi connectivity index (χ4n) is 2.39. The summed E-state index contributed by atoms with van der Waals surface area (Å²) in [5.74, 6) is -6.10. The molecule has 0 bridgehead atoms. The molecule has 2 aromatic rings. The Bertz CT molecular complexity index is 1030. The average molecular weight is 391 g/mol. The molecule has 1 aliphatic rings. The number of H-pyrrole nitrogens is 2. The van der Waals surface area contributed by atoms with Gasteiger partial charge in [0.1, 0.15) is 5.75 Å². The molecular formula is C15H10F5N3O4. The van der Waals surface area contributed by atoms with Crippen molar-refractivity contribution in [3.63, 3.8) is 0 Å². The third kappa shape index (κ3) is 3.55. The van der Waals surface area contributed by atoms with Crippen LogP contribution in [0.25, 0.3) is 0 Å². The van der Waals surface area contributed by atoms with Gasteiger partial charge >= 0.3 is 17.8 Å². The van der Waals surface area contributed by atoms with Gasteiger partial charge in [-0.2, -0.15) is 22.0 Å². The Balaban J connectivity index is 1.81. The lowest BCUT2D eigenvalue weighted by atomic mass is 10.0. The Morgan fingerprint density at radius 2 is 1.85 bits per heavy atom. The van der Waals surface area contributed by atoms with E-state index >= 15 is 0 Å². The second-order valence-corrected chi connectivity index (χ2v) is 5.70. The van der Waals surface area contributed by atoms with E-state index in [-0.39, 0.29) is 29.2 Å². The molecule has 0 atom stereocenters. The smallest absolute Gasteiger partial charge is 0.440 e. The number of alkyl halides is 5. The van der Waals surface area contributed by atoms with Gasteiger partial charge in [-0.05, 0) is 18.2 Å². The highest BCUT2D eigenvalue weighted by Gasteiger charge is 2.57. The van der Waals surface area contributed by atoms with E-state index in [1.807, 2.05) is 4.98 Å². The first-order valence-electron chi connectivity index (χ1n) is 7.37. The SMILES string of the molecule is O=C(NCC(F)(F)C(F)(F)F)c1ccc2c(c1)Cc1c([nH]c(=O)[nH]c1=O)O2. The molecule has 0 fully saturated rings. The van der Waals surface area contributed by atoms with E-state index in [9.17, 15) is 36.3 Å². The molecule has 2 heterocycles. The van der Waals surface area contributed by atoms with Crippen LogP contribution >= 0.6 is 0 Å². The average Bonchev–Trinajstić information content (AvgIpc) is 2.56. The van der Waals surface area contributed by atoms with Crippen LogP contribution in [0.5, 0.6) is 11.6 Å². The van der Waals surface area contributed by atoms with Crippen LogP contribution in [-0.2, 0) is 6.42 Å². The number of carbonyl (C=O) groups excluding carboxylic acids is 1. The predicted molar refractivity (Wildman–Crippen MR) is 80.3 cm³/mol. The van der Waals surface area contributed by atoms with Crippen molar-refractivity contribution in [3.05, 3.63) is 55.7 Å². The van der Waals surface area contributed by atoms with Gasteiger partial charge in [0.15, 0.2) is 0 Å². The minimum Gasteiger partial charge on any atom is -0.440 e. The number of rotatable bonds is 3. The molecule has 7 nitrogen and oxygen atoms in total. The number of fused-ring (bicyclic) bond motifs is 2. The highest BCUT2D eigenvalue weighted by molar-refractivity contribution is 5.94. The molecule has 1 aliphatic heterocycles. The van der Waals surface area contributed by atoms with Crippen LogP contribution in [0.4, 0.5) is 22.0 Å². The van der Waals surface area contributed by atoms with Crippen LogP contribution in [0.3, 0.4) is 0 Å². The van der Waals surface area contributed by atoms with Gasteiger partial charge < -0.3 is 10.1 Å². The zero-order valence-electron chi connectivity index (χ0n) is 13.2. The van der Waals surface area contributed by atoms with Gasteiger partial charge in [-0.15, -0.1) is 0 Å². The highest BCUT2D eigenvalue weighted by Crippen LogP contribution is 2.35. The lowest BCUT2D eigenvalue weighted by Gasteiger charge is -2.21. The van der Waals surface area contributed by atoms with E-state index in [0.29, 0.717) is 5.56 Å². The first-order valence-corrected chi connectivity index (χ1v) is 7.37. The number of benzene rings is 1. The Kier molecular flexibility index (Phi) is 4.28. The zero-order chi connectivity index (χ0) is 20.0. The maximum Gasteiger partial charge on any atom is 0.455 e. The summed E-state index contributed by atoms with van der Waals surface area (Å²) >= 11 is 0. The van der Waals surface area contributed by atoms with Gasteiger partial charge in [0.25, 0.3) is 11.5 Å². The molecule has 144 valence electrons. The number of nitrogens with one attached hydrogen (secondary N) is 3. The maximum absolute atomic E-state index is 12.9. The van der Waals surface area contributed by atoms with Crippen molar-refractivity contribution in [3.8, 4) is 11.6 Å². The van der Waals surface area contributed by atoms with Crippen LogP contribution in [0.1, 0.15) is 21.5 Å². The largest absolute Gasteiger partial charge is 0.455 e. The molecule has 0 spiro atoms. The van der Waals surface area contributed by atoms with Crippen LogP contribution in [0, 0.1) is 0 Å². The molecule has 3 rings (SSSR count). The van der Waals surface area contributed by atoms with Gasteiger partial charge in [0.05, 0.1) is 12.1 Å². The second-order valence-electron chi connectivity index (χ2n) is 5.70. The van der Waals surface area contributed by atoms with E-state index in [1.165, 1.54) is 17.4 Å². The summed E-state index contributed by atoms with van der Waals surface area (Å²) in [5.41, 5.74) is -1.29. The molecule has 1 aromatic heterocycles. The van der Waals surface area contributed by atoms with Crippen LogP contribution in [-0.4, -0.2) is 34.5 Å². The first-order chi connectivity index (χ1) is 12.5. The molecule has 1 aromatic carbocycles. The van der Waals surface area contributed by atoms with Crippen LogP contribution in [0.2, 0.25) is 0 Å². The molecular weight excluding hydrogens is 381 g/mol. The summed E-state index contributed by atoms with van der Waals surface area (Å²) in [4.78, 5) is 39.2. The number of hydrogen-bond donors (Lipinski definition) is 3. The first kappa shape index (κ1) is 18.6. The number of hydrogen-bond acceptors (Lipinski definition) is 4. The molecule has 0 saturated carbocycles. The van der Waals surface area contributed by atoms with Gasteiger partial charge in [-0.25, -0.2) is 4.79 Å². The van der Waals surface area contributed by atoms with Crippen molar-refractivity contribution in [2.45, 2.75) is 18.5 Å². The molecule has 0 aliphatic carbocycles. The number of amides is 1. The third-order valence-electron chi connectivity index (χ3n) is 3.79. The summed E-state index contributed by atoms with van der Waals surface area (Å²) in [5, 5.41) is 1.53. The number of halogens is 5. The lowest BCUT2D eigenvalue weighted by molar-refractivity contribution is -0.278. The topological polar surface area (TPSA) is 104 Å². The summed E-state index contributed by atoms with van der Waals surface area (Å²) in [6.07, 6.45) is -5.83. The molecule has 0 saturated heterocycles. The molecule has 0 unspecified atom stereocenters. The normalized spacial score (nSPS) is 13.4. The Morgan fingerprint density at radius 3 is 2.52 bits per heavy atom. The van der Waals surface area contributed by atoms with Crippen molar-refractivity contribution in [2.24, 2.45) is 0 Å². The van der Waals surface area contributed by atoms with E-state index in [4.69, 9.17) is 4.74 Å². The predicted octanol–water partition coefficient (Wildman–Crippen LogP) is 1.69. The van der Waals surface area contributed by atoms with Crippen molar-refractivity contribution < 1.29 is 31.5 Å². The number of carbonyl (C=O) groups is 1. The number of aromatic nitrogens is 2. The van der Waals surface area contributed by atoms with E-state index in [0.717, 1.165) is 6.07 Å². The molecule has 0 radical (unpaired) electrons. The summed E-state index contributed by atoms with van der Waals surface area (Å²) < 4.78 is 67.6. The van der Waals surface area contributed by atoms with Gasteiger partial charge in [0.2, 0.25) is 5.88 Å². The van der Waals surface area contributed by atoms with E-state index in [1.54, 1.807) is 0 Å². The van der Waals surface area contributed by atoms with E-state index in [2.05, 4.69) is 4.98 Å². The molecule has 27 heavy (non-hydrogen) atoms. The summed E-state index contributed by atoms with van der Waals surface area (Å²) in [6, 6.07) is 3.62. The number of aromatic amines is 2. The fraction of sp³-hybridized carbons (Fsp3) is 0.267. The molecule has 3 N–H and O–H groups in total. The summed E-state index contributed by atoms with van der Waals surface area (Å²) in [6.45, 7) is -1.91. The Labute approximate surface area is 146 Å². The molecule has 12 heteroatoms. The van der Waals surface area contributed by atoms with Crippen LogP contribution < -0.4 is 21.3 Å². The third-order valence-corrected chi connectivity index (χ3v) is 3.79.